The molecule has 1 atom stereocenters. The summed E-state index contributed by atoms with van der Waals surface area (Å²) >= 11 is 3.44. The summed E-state index contributed by atoms with van der Waals surface area (Å²) in [6.45, 7) is 2.19. The van der Waals surface area contributed by atoms with Crippen LogP contribution >= 0.6 is 15.9 Å². The quantitative estimate of drug-likeness (QED) is 0.259. The highest BCUT2D eigenvalue weighted by molar-refractivity contribution is 9.10. The highest BCUT2D eigenvalue weighted by Crippen LogP contribution is 2.23. The maximum Gasteiger partial charge on any atom is 0.244 e. The first-order chi connectivity index (χ1) is 19.1. The molecule has 0 fully saturated rings. The first kappa shape index (κ1) is 31.2. The lowest BCUT2D eigenvalue weighted by Gasteiger charge is -2.33. The third-order valence-electron chi connectivity index (χ3n) is 6.41. The molecule has 0 heterocycles. The molecule has 0 spiro atoms. The van der Waals surface area contributed by atoms with Gasteiger partial charge in [-0.25, -0.2) is 8.42 Å². The van der Waals surface area contributed by atoms with Gasteiger partial charge in [-0.1, -0.05) is 71.7 Å². The molecule has 1 N–H and O–H groups in total. The van der Waals surface area contributed by atoms with E-state index in [9.17, 15) is 18.0 Å². The normalized spacial score (nSPS) is 11.9. The number of hydrogen-bond acceptors (Lipinski definition) is 5. The number of ether oxygens (including phenoxy) is 1. The summed E-state index contributed by atoms with van der Waals surface area (Å²) in [5.74, 6) is -0.207. The number of nitrogens with zero attached hydrogens (tertiary/aromatic N) is 2. The Hall–Kier alpha value is -3.37. The summed E-state index contributed by atoms with van der Waals surface area (Å²) in [5.41, 5.74) is 2.03. The second-order valence-corrected chi connectivity index (χ2v) is 12.3. The van der Waals surface area contributed by atoms with Crippen LogP contribution in [0.15, 0.2) is 83.3 Å². The molecule has 0 saturated carbocycles. The zero-order chi connectivity index (χ0) is 29.1. The van der Waals surface area contributed by atoms with E-state index in [-0.39, 0.29) is 18.9 Å². The number of nitrogens with one attached hydrogen (secondary N) is 1. The molecular weight excluding hydrogens is 594 g/mol. The smallest absolute Gasteiger partial charge is 0.244 e. The van der Waals surface area contributed by atoms with E-state index in [0.29, 0.717) is 18.0 Å². The second kappa shape index (κ2) is 14.9. The van der Waals surface area contributed by atoms with Crippen molar-refractivity contribution in [1.82, 2.24) is 10.2 Å². The van der Waals surface area contributed by atoms with Crippen molar-refractivity contribution in [3.63, 3.8) is 0 Å². The summed E-state index contributed by atoms with van der Waals surface area (Å²) in [6, 6.07) is 22.6. The first-order valence-electron chi connectivity index (χ1n) is 13.1. The van der Waals surface area contributed by atoms with Crippen LogP contribution in [0.4, 0.5) is 5.69 Å². The summed E-state index contributed by atoms with van der Waals surface area (Å²) < 4.78 is 32.8. The Bertz CT molecular complexity index is 1350. The van der Waals surface area contributed by atoms with E-state index in [4.69, 9.17) is 4.74 Å². The first-order valence-corrected chi connectivity index (χ1v) is 15.7. The summed E-state index contributed by atoms with van der Waals surface area (Å²) in [7, 11) is -2.31. The van der Waals surface area contributed by atoms with E-state index in [1.165, 1.54) is 12.0 Å². The van der Waals surface area contributed by atoms with Gasteiger partial charge in [0.1, 0.15) is 18.3 Å². The number of methoxy groups -OCH3 is 1. The third-order valence-corrected chi connectivity index (χ3v) is 8.08. The molecule has 10 heteroatoms. The third kappa shape index (κ3) is 9.09. The zero-order valence-electron chi connectivity index (χ0n) is 23.0. The SMILES string of the molecule is CCCCNC(=O)[C@@H](Cc1ccccc1)N(Cc1ccc(Br)cc1)C(=O)CN(c1ccc(OC)cc1)S(C)(=O)=O. The van der Waals surface area contributed by atoms with E-state index in [0.717, 1.165) is 39.0 Å². The standard InChI is InChI=1S/C30H36BrN3O5S/c1-4-5-19-32-30(36)28(20-23-9-7-6-8-10-23)33(21-24-11-13-25(31)14-12-24)29(35)22-34(40(3,37)38)26-15-17-27(39-2)18-16-26/h6-18,28H,4-5,19-22H2,1-3H3,(H,32,36)/t28-/m1/s1. The maximum atomic E-state index is 14.0. The van der Waals surface area contributed by atoms with Crippen molar-refractivity contribution in [2.45, 2.75) is 38.8 Å². The van der Waals surface area contributed by atoms with Crippen molar-refractivity contribution in [3.05, 3.63) is 94.5 Å². The van der Waals surface area contributed by atoms with Gasteiger partial charge < -0.3 is 15.0 Å². The highest BCUT2D eigenvalue weighted by Gasteiger charge is 2.33. The van der Waals surface area contributed by atoms with Crippen LogP contribution in [0, 0.1) is 0 Å². The molecule has 0 aliphatic carbocycles. The summed E-state index contributed by atoms with van der Waals surface area (Å²) in [4.78, 5) is 29.1. The van der Waals surface area contributed by atoms with Crippen LogP contribution in [0.2, 0.25) is 0 Å². The molecule has 0 bridgehead atoms. The van der Waals surface area contributed by atoms with E-state index in [2.05, 4.69) is 21.2 Å². The Kier molecular flexibility index (Phi) is 11.6. The van der Waals surface area contributed by atoms with Crippen LogP contribution < -0.4 is 14.4 Å². The predicted molar refractivity (Wildman–Crippen MR) is 162 cm³/mol. The topological polar surface area (TPSA) is 96.0 Å². The number of unbranched alkanes of at least 4 members (excludes halogenated alkanes) is 1. The maximum absolute atomic E-state index is 14.0. The molecule has 40 heavy (non-hydrogen) atoms. The Labute approximate surface area is 245 Å². The average molecular weight is 631 g/mol. The van der Waals surface area contributed by atoms with Crippen molar-refractivity contribution in [1.29, 1.82) is 0 Å². The van der Waals surface area contributed by atoms with Crippen LogP contribution in [0.25, 0.3) is 0 Å². The lowest BCUT2D eigenvalue weighted by atomic mass is 10.0. The highest BCUT2D eigenvalue weighted by atomic mass is 79.9. The number of amides is 2. The fraction of sp³-hybridized carbons (Fsp3) is 0.333. The number of hydrogen-bond donors (Lipinski definition) is 1. The molecule has 3 rings (SSSR count). The Morgan fingerprint density at radius 2 is 1.60 bits per heavy atom. The molecule has 0 saturated heterocycles. The zero-order valence-corrected chi connectivity index (χ0v) is 25.4. The van der Waals surface area contributed by atoms with Crippen molar-refractivity contribution in [2.75, 3.05) is 30.8 Å². The van der Waals surface area contributed by atoms with Crippen LogP contribution in [-0.4, -0.2) is 57.6 Å². The largest absolute Gasteiger partial charge is 0.497 e. The van der Waals surface area contributed by atoms with Gasteiger partial charge in [0.05, 0.1) is 19.1 Å². The Morgan fingerprint density at radius 3 is 2.17 bits per heavy atom. The number of halogens is 1. The molecule has 8 nitrogen and oxygen atoms in total. The molecule has 0 radical (unpaired) electrons. The number of rotatable bonds is 14. The number of anilines is 1. The molecule has 0 aliphatic heterocycles. The van der Waals surface area contributed by atoms with Crippen LogP contribution in [-0.2, 0) is 32.6 Å². The second-order valence-electron chi connectivity index (χ2n) is 9.47. The van der Waals surface area contributed by atoms with Gasteiger partial charge in [-0.15, -0.1) is 0 Å². The number of carbonyl (C=O) groups excluding carboxylic acids is 2. The van der Waals surface area contributed by atoms with Crippen molar-refractivity contribution in [2.24, 2.45) is 0 Å². The van der Waals surface area contributed by atoms with Gasteiger partial charge in [-0.05, 0) is 53.9 Å². The molecule has 3 aromatic carbocycles. The van der Waals surface area contributed by atoms with E-state index in [1.807, 2.05) is 61.5 Å². The van der Waals surface area contributed by atoms with Crippen molar-refractivity contribution >= 4 is 43.5 Å². The minimum absolute atomic E-state index is 0.130. The van der Waals surface area contributed by atoms with Gasteiger partial charge >= 0.3 is 0 Å². The minimum Gasteiger partial charge on any atom is -0.497 e. The fourth-order valence-corrected chi connectivity index (χ4v) is 5.32. The van der Waals surface area contributed by atoms with Crippen molar-refractivity contribution < 1.29 is 22.7 Å². The molecule has 0 aliphatic rings. The average Bonchev–Trinajstić information content (AvgIpc) is 2.94. The van der Waals surface area contributed by atoms with Crippen LogP contribution in [0.1, 0.15) is 30.9 Å². The molecule has 214 valence electrons. The van der Waals surface area contributed by atoms with E-state index >= 15 is 0 Å². The Balaban J connectivity index is 2.01. The van der Waals surface area contributed by atoms with Gasteiger partial charge in [0, 0.05) is 24.0 Å². The number of sulfonamides is 1. The van der Waals surface area contributed by atoms with Crippen LogP contribution in [0.3, 0.4) is 0 Å². The van der Waals surface area contributed by atoms with Crippen molar-refractivity contribution in [3.8, 4) is 5.75 Å². The predicted octanol–water partition coefficient (Wildman–Crippen LogP) is 4.78. The van der Waals surface area contributed by atoms with E-state index in [1.54, 1.807) is 24.3 Å². The van der Waals surface area contributed by atoms with Gasteiger partial charge in [-0.3, -0.25) is 13.9 Å². The van der Waals surface area contributed by atoms with E-state index < -0.39 is 28.5 Å². The number of benzene rings is 3. The monoisotopic (exact) mass is 629 g/mol. The summed E-state index contributed by atoms with van der Waals surface area (Å²) in [6.07, 6.45) is 3.06. The number of carbonyl (C=O) groups is 2. The lowest BCUT2D eigenvalue weighted by molar-refractivity contribution is -0.140. The molecule has 2 amide bonds. The van der Waals surface area contributed by atoms with Gasteiger partial charge in [0.25, 0.3) is 0 Å². The lowest BCUT2D eigenvalue weighted by Crippen LogP contribution is -2.53. The molecule has 0 aromatic heterocycles. The van der Waals surface area contributed by atoms with Gasteiger partial charge in [0.15, 0.2) is 0 Å². The van der Waals surface area contributed by atoms with Crippen LogP contribution in [0.5, 0.6) is 5.75 Å². The summed E-state index contributed by atoms with van der Waals surface area (Å²) in [5, 5.41) is 2.98. The molecule has 0 unspecified atom stereocenters. The molecular formula is C30H36BrN3O5S. The van der Waals surface area contributed by atoms with Gasteiger partial charge in [0.2, 0.25) is 21.8 Å². The minimum atomic E-state index is -3.83. The molecule has 3 aromatic rings. The Morgan fingerprint density at radius 1 is 0.950 bits per heavy atom. The fourth-order valence-electron chi connectivity index (χ4n) is 4.21. The van der Waals surface area contributed by atoms with Gasteiger partial charge in [-0.2, -0.15) is 0 Å².